The van der Waals surface area contributed by atoms with Crippen LogP contribution in [-0.4, -0.2) is 12.6 Å². The number of carbonyl (C=O) groups excluding carboxylic acids is 1. The van der Waals surface area contributed by atoms with Crippen molar-refractivity contribution < 1.29 is 13.9 Å². The van der Waals surface area contributed by atoms with Crippen LogP contribution in [0.15, 0.2) is 16.6 Å². The molecule has 1 rings (SSSR count). The molecule has 0 aliphatic rings. The minimum Gasteiger partial charge on any atom is -0.462 e. The predicted octanol–water partition coefficient (Wildman–Crippen LogP) is 2.35. The number of carbonyl (C=O) groups is 1. The third-order valence-electron chi connectivity index (χ3n) is 1.63. The van der Waals surface area contributed by atoms with Crippen molar-refractivity contribution in [3.05, 3.63) is 28.0 Å². The molecule has 0 unspecified atom stereocenters. The zero-order valence-electron chi connectivity index (χ0n) is 7.51. The van der Waals surface area contributed by atoms with Crippen molar-refractivity contribution in [2.75, 3.05) is 12.3 Å². The maximum atomic E-state index is 12.9. The van der Waals surface area contributed by atoms with E-state index in [9.17, 15) is 9.18 Å². The minimum absolute atomic E-state index is 0.0588. The summed E-state index contributed by atoms with van der Waals surface area (Å²) < 4.78 is 17.8. The van der Waals surface area contributed by atoms with Crippen LogP contribution in [0.1, 0.15) is 17.3 Å². The van der Waals surface area contributed by atoms with E-state index in [-0.39, 0.29) is 22.3 Å². The molecule has 0 amide bonds. The number of hydrogen-bond acceptors (Lipinski definition) is 3. The SMILES string of the molecule is CCOC(=O)c1ccc(F)c(Br)c1N. The summed E-state index contributed by atoms with van der Waals surface area (Å²) in [6.07, 6.45) is 0. The topological polar surface area (TPSA) is 52.3 Å². The lowest BCUT2D eigenvalue weighted by atomic mass is 10.2. The van der Waals surface area contributed by atoms with Gasteiger partial charge in [0.05, 0.1) is 22.3 Å². The van der Waals surface area contributed by atoms with E-state index in [0.29, 0.717) is 0 Å². The molecule has 0 saturated carbocycles. The fraction of sp³-hybridized carbons (Fsp3) is 0.222. The highest BCUT2D eigenvalue weighted by Crippen LogP contribution is 2.26. The van der Waals surface area contributed by atoms with Gasteiger partial charge in [-0.05, 0) is 35.0 Å². The summed E-state index contributed by atoms with van der Waals surface area (Å²) in [6, 6.07) is 2.46. The molecule has 0 radical (unpaired) electrons. The highest BCUT2D eigenvalue weighted by atomic mass is 79.9. The van der Waals surface area contributed by atoms with Crippen LogP contribution in [-0.2, 0) is 4.74 Å². The normalized spacial score (nSPS) is 9.93. The van der Waals surface area contributed by atoms with Gasteiger partial charge in [-0.3, -0.25) is 0 Å². The Morgan fingerprint density at radius 2 is 2.29 bits per heavy atom. The molecule has 76 valence electrons. The maximum absolute atomic E-state index is 12.9. The molecule has 0 bridgehead atoms. The molecule has 2 N–H and O–H groups in total. The molecule has 0 spiro atoms. The zero-order valence-corrected chi connectivity index (χ0v) is 9.10. The Hall–Kier alpha value is -1.10. The second kappa shape index (κ2) is 4.41. The maximum Gasteiger partial charge on any atom is 0.340 e. The van der Waals surface area contributed by atoms with Crippen LogP contribution in [0, 0.1) is 5.82 Å². The van der Waals surface area contributed by atoms with Gasteiger partial charge in [0.1, 0.15) is 5.82 Å². The number of hydrogen-bond donors (Lipinski definition) is 1. The van der Waals surface area contributed by atoms with Crippen molar-refractivity contribution in [1.29, 1.82) is 0 Å². The molecule has 3 nitrogen and oxygen atoms in total. The lowest BCUT2D eigenvalue weighted by Crippen LogP contribution is -2.08. The molecule has 0 heterocycles. The van der Waals surface area contributed by atoms with Gasteiger partial charge in [-0.15, -0.1) is 0 Å². The van der Waals surface area contributed by atoms with Crippen LogP contribution in [0.25, 0.3) is 0 Å². The Morgan fingerprint density at radius 1 is 1.64 bits per heavy atom. The molecular formula is C9H9BrFNO2. The van der Waals surface area contributed by atoms with Gasteiger partial charge in [-0.2, -0.15) is 0 Å². The van der Waals surface area contributed by atoms with Gasteiger partial charge < -0.3 is 10.5 Å². The van der Waals surface area contributed by atoms with Gasteiger partial charge in [0, 0.05) is 0 Å². The average Bonchev–Trinajstić information content (AvgIpc) is 2.15. The van der Waals surface area contributed by atoms with Crippen LogP contribution >= 0.6 is 15.9 Å². The van der Waals surface area contributed by atoms with Crippen molar-refractivity contribution in [2.24, 2.45) is 0 Å². The lowest BCUT2D eigenvalue weighted by molar-refractivity contribution is 0.0527. The summed E-state index contributed by atoms with van der Waals surface area (Å²) in [4.78, 5) is 11.3. The van der Waals surface area contributed by atoms with Gasteiger partial charge in [-0.1, -0.05) is 0 Å². The number of nitrogen functional groups attached to an aromatic ring is 1. The van der Waals surface area contributed by atoms with E-state index in [2.05, 4.69) is 15.9 Å². The smallest absolute Gasteiger partial charge is 0.340 e. The Balaban J connectivity index is 3.11. The number of halogens is 2. The second-order valence-electron chi connectivity index (χ2n) is 2.54. The van der Waals surface area contributed by atoms with Gasteiger partial charge in [-0.25, -0.2) is 9.18 Å². The van der Waals surface area contributed by atoms with Crippen molar-refractivity contribution in [2.45, 2.75) is 6.92 Å². The molecule has 0 atom stereocenters. The number of benzene rings is 1. The molecule has 5 heteroatoms. The Morgan fingerprint density at radius 3 is 2.86 bits per heavy atom. The molecule has 0 aromatic heterocycles. The van der Waals surface area contributed by atoms with Gasteiger partial charge in [0.2, 0.25) is 0 Å². The highest BCUT2D eigenvalue weighted by molar-refractivity contribution is 9.10. The van der Waals surface area contributed by atoms with Crippen LogP contribution in [0.5, 0.6) is 0 Å². The first-order chi connectivity index (χ1) is 6.57. The zero-order chi connectivity index (χ0) is 10.7. The summed E-state index contributed by atoms with van der Waals surface area (Å²) in [6.45, 7) is 1.94. The third kappa shape index (κ3) is 2.04. The number of rotatable bonds is 2. The highest BCUT2D eigenvalue weighted by Gasteiger charge is 2.15. The standard InChI is InChI=1S/C9H9BrFNO2/c1-2-14-9(13)5-3-4-6(11)7(10)8(5)12/h3-4H,2,12H2,1H3. The average molecular weight is 262 g/mol. The first kappa shape index (κ1) is 11.0. The first-order valence-corrected chi connectivity index (χ1v) is 4.77. The molecule has 0 saturated heterocycles. The summed E-state index contributed by atoms with van der Waals surface area (Å²) in [5.74, 6) is -1.05. The van der Waals surface area contributed by atoms with Crippen LogP contribution in [0.4, 0.5) is 10.1 Å². The van der Waals surface area contributed by atoms with E-state index in [1.165, 1.54) is 6.07 Å². The van der Waals surface area contributed by atoms with Crippen LogP contribution in [0.2, 0.25) is 0 Å². The quantitative estimate of drug-likeness (QED) is 0.657. The van der Waals surface area contributed by atoms with E-state index < -0.39 is 11.8 Å². The molecule has 0 aliphatic heterocycles. The molecular weight excluding hydrogens is 253 g/mol. The van der Waals surface area contributed by atoms with E-state index in [1.54, 1.807) is 6.92 Å². The number of esters is 1. The Bertz CT molecular complexity index is 368. The van der Waals surface area contributed by atoms with E-state index in [1.807, 2.05) is 0 Å². The van der Waals surface area contributed by atoms with Gasteiger partial charge >= 0.3 is 5.97 Å². The summed E-state index contributed by atoms with van der Waals surface area (Å²) in [5, 5.41) is 0. The number of anilines is 1. The van der Waals surface area contributed by atoms with Crippen molar-refractivity contribution in [1.82, 2.24) is 0 Å². The largest absolute Gasteiger partial charge is 0.462 e. The monoisotopic (exact) mass is 261 g/mol. The molecule has 14 heavy (non-hydrogen) atoms. The van der Waals surface area contributed by atoms with Crippen molar-refractivity contribution >= 4 is 27.6 Å². The van der Waals surface area contributed by atoms with E-state index >= 15 is 0 Å². The molecule has 1 aromatic rings. The molecule has 0 fully saturated rings. The number of nitrogens with two attached hydrogens (primary N) is 1. The molecule has 1 aromatic carbocycles. The lowest BCUT2D eigenvalue weighted by Gasteiger charge is -2.06. The first-order valence-electron chi connectivity index (χ1n) is 3.98. The van der Waals surface area contributed by atoms with Crippen LogP contribution in [0.3, 0.4) is 0 Å². The Kier molecular flexibility index (Phi) is 3.46. The third-order valence-corrected chi connectivity index (χ3v) is 2.43. The second-order valence-corrected chi connectivity index (χ2v) is 3.34. The number of ether oxygens (including phenoxy) is 1. The minimum atomic E-state index is -0.550. The van der Waals surface area contributed by atoms with Crippen molar-refractivity contribution in [3.63, 3.8) is 0 Å². The van der Waals surface area contributed by atoms with E-state index in [0.717, 1.165) is 6.07 Å². The summed E-state index contributed by atoms with van der Waals surface area (Å²) >= 11 is 2.94. The Labute approximate surface area is 89.2 Å². The predicted molar refractivity (Wildman–Crippen MR) is 54.5 cm³/mol. The van der Waals surface area contributed by atoms with Crippen molar-refractivity contribution in [3.8, 4) is 0 Å². The molecule has 0 aliphatic carbocycles. The van der Waals surface area contributed by atoms with E-state index in [4.69, 9.17) is 10.5 Å². The fourth-order valence-electron chi connectivity index (χ4n) is 0.953. The van der Waals surface area contributed by atoms with Gasteiger partial charge in [0.15, 0.2) is 0 Å². The van der Waals surface area contributed by atoms with Gasteiger partial charge in [0.25, 0.3) is 0 Å². The van der Waals surface area contributed by atoms with Crippen LogP contribution < -0.4 is 5.73 Å². The fourth-order valence-corrected chi connectivity index (χ4v) is 1.30. The summed E-state index contributed by atoms with van der Waals surface area (Å²) in [7, 11) is 0. The summed E-state index contributed by atoms with van der Waals surface area (Å²) in [5.41, 5.74) is 5.75.